The van der Waals surface area contributed by atoms with Gasteiger partial charge in [0.05, 0.1) is 0 Å². The summed E-state index contributed by atoms with van der Waals surface area (Å²) in [5.41, 5.74) is 0.961. The normalized spacial score (nSPS) is 10.8. The van der Waals surface area contributed by atoms with E-state index in [1.54, 1.807) is 12.3 Å². The highest BCUT2D eigenvalue weighted by Crippen LogP contribution is 1.98. The van der Waals surface area contributed by atoms with Crippen LogP contribution in [0.4, 0.5) is 0 Å². The lowest BCUT2D eigenvalue weighted by molar-refractivity contribution is 1.22. The van der Waals surface area contributed by atoms with Gasteiger partial charge in [-0.2, -0.15) is 0 Å². The van der Waals surface area contributed by atoms with Gasteiger partial charge in [-0.15, -0.1) is 0 Å². The van der Waals surface area contributed by atoms with Gasteiger partial charge in [0.25, 0.3) is 0 Å². The van der Waals surface area contributed by atoms with Crippen LogP contribution in [0.3, 0.4) is 0 Å². The molecule has 1 aromatic rings. The highest BCUT2D eigenvalue weighted by Gasteiger charge is 1.84. The number of nitrogens with one attached hydrogen (secondary N) is 1. The lowest BCUT2D eigenvalue weighted by Crippen LogP contribution is -2.01. The molecule has 0 aliphatic heterocycles. The standard InChI is InChI=1S/C9H10BrNO/c10-6-2-1-3-8-4-5-9(12)11-7-8/h1,3-5,7H,2,6H2,(H,11,12). The van der Waals surface area contributed by atoms with Gasteiger partial charge in [0, 0.05) is 17.6 Å². The number of hydrogen-bond acceptors (Lipinski definition) is 1. The largest absolute Gasteiger partial charge is 0.329 e. The fraction of sp³-hybridized carbons (Fsp3) is 0.222. The zero-order valence-corrected chi connectivity index (χ0v) is 8.17. The zero-order valence-electron chi connectivity index (χ0n) is 6.59. The minimum absolute atomic E-state index is 0.0624. The second-order valence-corrected chi connectivity index (χ2v) is 3.16. The third-order valence-electron chi connectivity index (χ3n) is 1.39. The number of aromatic nitrogens is 1. The van der Waals surface area contributed by atoms with E-state index in [4.69, 9.17) is 0 Å². The molecule has 2 nitrogen and oxygen atoms in total. The first kappa shape index (κ1) is 9.26. The number of rotatable bonds is 3. The SMILES string of the molecule is O=c1ccc(C=CCCBr)c[nH]1. The Labute approximate surface area is 79.5 Å². The smallest absolute Gasteiger partial charge is 0.247 e. The Morgan fingerprint density at radius 3 is 2.92 bits per heavy atom. The molecule has 0 unspecified atom stereocenters. The van der Waals surface area contributed by atoms with E-state index < -0.39 is 0 Å². The second kappa shape index (κ2) is 4.93. The van der Waals surface area contributed by atoms with Gasteiger partial charge in [-0.3, -0.25) is 4.79 Å². The summed E-state index contributed by atoms with van der Waals surface area (Å²) in [6, 6.07) is 3.32. The first-order valence-electron chi connectivity index (χ1n) is 3.74. The number of H-pyrrole nitrogens is 1. The average Bonchev–Trinajstić information content (AvgIpc) is 2.09. The Morgan fingerprint density at radius 2 is 2.33 bits per heavy atom. The fourth-order valence-electron chi connectivity index (χ4n) is 0.809. The van der Waals surface area contributed by atoms with Crippen LogP contribution in [0.5, 0.6) is 0 Å². The van der Waals surface area contributed by atoms with Crippen molar-refractivity contribution in [1.82, 2.24) is 4.98 Å². The molecular weight excluding hydrogens is 218 g/mol. The van der Waals surface area contributed by atoms with E-state index in [1.165, 1.54) is 6.07 Å². The van der Waals surface area contributed by atoms with Gasteiger partial charge in [-0.25, -0.2) is 0 Å². The predicted molar refractivity (Wildman–Crippen MR) is 54.5 cm³/mol. The van der Waals surface area contributed by atoms with Gasteiger partial charge in [0.1, 0.15) is 0 Å². The molecule has 0 saturated carbocycles. The summed E-state index contributed by atoms with van der Waals surface area (Å²) in [6.07, 6.45) is 6.74. The number of alkyl halides is 1. The van der Waals surface area contributed by atoms with Crippen LogP contribution in [-0.2, 0) is 0 Å². The third-order valence-corrected chi connectivity index (χ3v) is 1.85. The number of allylic oxidation sites excluding steroid dienone is 1. The number of aromatic amines is 1. The van der Waals surface area contributed by atoms with E-state index >= 15 is 0 Å². The maximum Gasteiger partial charge on any atom is 0.247 e. The lowest BCUT2D eigenvalue weighted by Gasteiger charge is -1.89. The van der Waals surface area contributed by atoms with Gasteiger partial charge in [-0.1, -0.05) is 28.1 Å². The summed E-state index contributed by atoms with van der Waals surface area (Å²) in [4.78, 5) is 13.3. The molecule has 0 aromatic carbocycles. The monoisotopic (exact) mass is 227 g/mol. The molecule has 0 spiro atoms. The van der Waals surface area contributed by atoms with Gasteiger partial charge in [0.15, 0.2) is 0 Å². The van der Waals surface area contributed by atoms with Gasteiger partial charge >= 0.3 is 0 Å². The van der Waals surface area contributed by atoms with Crippen molar-refractivity contribution in [3.63, 3.8) is 0 Å². The molecule has 0 atom stereocenters. The van der Waals surface area contributed by atoms with Gasteiger partial charge in [0.2, 0.25) is 5.56 Å². The van der Waals surface area contributed by atoms with Crippen molar-refractivity contribution in [1.29, 1.82) is 0 Å². The fourth-order valence-corrected chi connectivity index (χ4v) is 1.07. The molecule has 0 aliphatic carbocycles. The minimum Gasteiger partial charge on any atom is -0.329 e. The molecule has 3 heteroatoms. The maximum atomic E-state index is 10.7. The summed E-state index contributed by atoms with van der Waals surface area (Å²) >= 11 is 3.33. The van der Waals surface area contributed by atoms with Gasteiger partial charge in [-0.05, 0) is 18.1 Å². The summed E-state index contributed by atoms with van der Waals surface area (Å²) in [5, 5.41) is 0.965. The highest BCUT2D eigenvalue weighted by molar-refractivity contribution is 9.09. The summed E-state index contributed by atoms with van der Waals surface area (Å²) in [7, 11) is 0. The average molecular weight is 228 g/mol. The summed E-state index contributed by atoms with van der Waals surface area (Å²) in [6.45, 7) is 0. The quantitative estimate of drug-likeness (QED) is 0.790. The predicted octanol–water partition coefficient (Wildman–Crippen LogP) is 2.17. The zero-order chi connectivity index (χ0) is 8.81. The van der Waals surface area contributed by atoms with E-state index in [-0.39, 0.29) is 5.56 Å². The van der Waals surface area contributed by atoms with E-state index in [2.05, 4.69) is 27.0 Å². The highest BCUT2D eigenvalue weighted by atomic mass is 79.9. The van der Waals surface area contributed by atoms with Crippen LogP contribution in [0.1, 0.15) is 12.0 Å². The molecule has 0 bridgehead atoms. The molecule has 12 heavy (non-hydrogen) atoms. The van der Waals surface area contributed by atoms with Crippen molar-refractivity contribution in [2.45, 2.75) is 6.42 Å². The van der Waals surface area contributed by atoms with Crippen LogP contribution in [0, 0.1) is 0 Å². The third kappa shape index (κ3) is 3.05. The molecule has 64 valence electrons. The van der Waals surface area contributed by atoms with Crippen LogP contribution in [-0.4, -0.2) is 10.3 Å². The van der Waals surface area contributed by atoms with Crippen molar-refractivity contribution in [3.8, 4) is 0 Å². The van der Waals surface area contributed by atoms with Crippen molar-refractivity contribution in [2.24, 2.45) is 0 Å². The number of halogens is 1. The van der Waals surface area contributed by atoms with Crippen LogP contribution in [0.15, 0.2) is 29.2 Å². The van der Waals surface area contributed by atoms with E-state index in [0.29, 0.717) is 0 Å². The Hall–Kier alpha value is -0.830. The van der Waals surface area contributed by atoms with E-state index in [9.17, 15) is 4.79 Å². The molecule has 0 fully saturated rings. The molecular formula is C9H10BrNO. The number of hydrogen-bond donors (Lipinski definition) is 1. The van der Waals surface area contributed by atoms with Crippen molar-refractivity contribution < 1.29 is 0 Å². The van der Waals surface area contributed by atoms with Crippen LogP contribution in [0.2, 0.25) is 0 Å². The topological polar surface area (TPSA) is 32.9 Å². The lowest BCUT2D eigenvalue weighted by atomic mass is 10.2. The molecule has 0 amide bonds. The van der Waals surface area contributed by atoms with E-state index in [0.717, 1.165) is 17.3 Å². The molecule has 1 N–H and O–H groups in total. The first-order chi connectivity index (χ1) is 5.83. The van der Waals surface area contributed by atoms with Crippen LogP contribution in [0.25, 0.3) is 6.08 Å². The Balaban J connectivity index is 2.64. The molecule has 0 saturated heterocycles. The van der Waals surface area contributed by atoms with Crippen molar-refractivity contribution >= 4 is 22.0 Å². The minimum atomic E-state index is -0.0624. The van der Waals surface area contributed by atoms with Crippen LogP contribution < -0.4 is 5.56 Å². The van der Waals surface area contributed by atoms with Gasteiger partial charge < -0.3 is 4.98 Å². The molecule has 0 aliphatic rings. The summed E-state index contributed by atoms with van der Waals surface area (Å²) in [5.74, 6) is 0. The Morgan fingerprint density at radius 1 is 1.50 bits per heavy atom. The van der Waals surface area contributed by atoms with E-state index in [1.807, 2.05) is 6.08 Å². The Kier molecular flexibility index (Phi) is 3.80. The molecule has 1 aromatic heterocycles. The number of pyridine rings is 1. The Bertz CT molecular complexity index is 296. The molecule has 1 rings (SSSR count). The molecule has 0 radical (unpaired) electrons. The summed E-state index contributed by atoms with van der Waals surface area (Å²) < 4.78 is 0. The second-order valence-electron chi connectivity index (χ2n) is 2.37. The maximum absolute atomic E-state index is 10.7. The van der Waals surface area contributed by atoms with Crippen molar-refractivity contribution in [2.75, 3.05) is 5.33 Å². The first-order valence-corrected chi connectivity index (χ1v) is 4.86. The molecule has 1 heterocycles. The van der Waals surface area contributed by atoms with Crippen molar-refractivity contribution in [3.05, 3.63) is 40.3 Å². The van der Waals surface area contributed by atoms with Crippen LogP contribution >= 0.6 is 15.9 Å².